The highest BCUT2D eigenvalue weighted by Crippen LogP contribution is 2.30. The topological polar surface area (TPSA) is 122 Å². The molecule has 1 heterocycles. The maximum Gasteiger partial charge on any atom is 0.471 e. The summed E-state index contributed by atoms with van der Waals surface area (Å²) in [6, 6.07) is 3.19. The summed E-state index contributed by atoms with van der Waals surface area (Å²) in [5.41, 5.74) is 5.11. The van der Waals surface area contributed by atoms with Crippen molar-refractivity contribution in [1.29, 1.82) is 0 Å². The van der Waals surface area contributed by atoms with Gasteiger partial charge in [-0.15, -0.1) is 0 Å². The lowest BCUT2D eigenvalue weighted by Crippen LogP contribution is -2.51. The molecule has 2 rings (SSSR count). The Balaban J connectivity index is 2.15. The van der Waals surface area contributed by atoms with Gasteiger partial charge < -0.3 is 25.8 Å². The molecule has 0 spiro atoms. The van der Waals surface area contributed by atoms with E-state index in [0.717, 1.165) is 0 Å². The van der Waals surface area contributed by atoms with Gasteiger partial charge in [0.15, 0.2) is 0 Å². The summed E-state index contributed by atoms with van der Waals surface area (Å²) in [5.74, 6) is -4.15. The first-order valence-electron chi connectivity index (χ1n) is 6.99. The number of nitrogens with two attached hydrogens (primary N) is 1. The Morgan fingerprint density at radius 3 is 2.60 bits per heavy atom. The van der Waals surface area contributed by atoms with E-state index in [1.54, 1.807) is 0 Å². The molecule has 0 saturated heterocycles. The highest BCUT2D eigenvalue weighted by Gasteiger charge is 2.43. The molecule has 0 bridgehead atoms. The number of carbonyl (C=O) groups excluding carboxylic acids is 2. The number of benzene rings is 1. The number of nitrogens with zero attached hydrogens (tertiary/aromatic N) is 1. The van der Waals surface area contributed by atoms with Crippen LogP contribution in [0.4, 0.5) is 18.9 Å². The lowest BCUT2D eigenvalue weighted by atomic mass is 10.1. The van der Waals surface area contributed by atoms with Gasteiger partial charge in [-0.3, -0.25) is 9.59 Å². The minimum atomic E-state index is -5.15. The van der Waals surface area contributed by atoms with E-state index in [-0.39, 0.29) is 22.8 Å². The minimum absolute atomic E-state index is 0.0455. The molecule has 0 saturated carbocycles. The quantitative estimate of drug-likeness (QED) is 0.699. The summed E-state index contributed by atoms with van der Waals surface area (Å²) in [5, 5.41) is 11.8. The lowest BCUT2D eigenvalue weighted by Gasteiger charge is -2.32. The van der Waals surface area contributed by atoms with Crippen LogP contribution in [0.15, 0.2) is 18.2 Å². The average molecular weight is 361 g/mol. The maximum atomic E-state index is 12.6. The number of hydrogen-bond acceptors (Lipinski definition) is 5. The van der Waals surface area contributed by atoms with Crippen LogP contribution < -0.4 is 15.8 Å². The number of amides is 2. The van der Waals surface area contributed by atoms with Crippen molar-refractivity contribution < 1.29 is 37.4 Å². The van der Waals surface area contributed by atoms with Crippen molar-refractivity contribution in [2.45, 2.75) is 12.2 Å². The first-order valence-corrected chi connectivity index (χ1v) is 6.99. The molecule has 25 heavy (non-hydrogen) atoms. The van der Waals surface area contributed by atoms with E-state index in [0.29, 0.717) is 5.75 Å². The number of carboxylic acid groups (broad SMARTS) is 1. The van der Waals surface area contributed by atoms with Gasteiger partial charge in [-0.05, 0) is 18.2 Å². The van der Waals surface area contributed by atoms with Crippen LogP contribution in [0.5, 0.6) is 5.75 Å². The highest BCUT2D eigenvalue weighted by molar-refractivity contribution is 5.90. The summed E-state index contributed by atoms with van der Waals surface area (Å²) in [4.78, 5) is 33.6. The summed E-state index contributed by atoms with van der Waals surface area (Å²) >= 11 is 0. The van der Waals surface area contributed by atoms with Crippen molar-refractivity contribution in [3.8, 4) is 5.75 Å². The number of rotatable bonds is 5. The summed E-state index contributed by atoms with van der Waals surface area (Å²) in [6.07, 6.45) is -5.15. The fourth-order valence-corrected chi connectivity index (χ4v) is 2.30. The van der Waals surface area contributed by atoms with Crippen molar-refractivity contribution in [1.82, 2.24) is 4.90 Å². The molecule has 0 aromatic heterocycles. The van der Waals surface area contributed by atoms with Crippen molar-refractivity contribution in [2.75, 3.05) is 25.0 Å². The van der Waals surface area contributed by atoms with Gasteiger partial charge in [0.2, 0.25) is 5.91 Å². The van der Waals surface area contributed by atoms with Crippen molar-refractivity contribution in [2.24, 2.45) is 5.73 Å². The Hall–Kier alpha value is -2.98. The molecule has 2 amide bonds. The predicted molar refractivity (Wildman–Crippen MR) is 78.1 cm³/mol. The molecular formula is C14H14F3N3O5. The molecule has 0 aliphatic carbocycles. The van der Waals surface area contributed by atoms with E-state index in [2.05, 4.69) is 5.32 Å². The molecule has 0 fully saturated rings. The molecule has 11 heteroatoms. The fraction of sp³-hybridized carbons (Fsp3) is 0.357. The molecule has 1 unspecified atom stereocenters. The monoisotopic (exact) mass is 361 g/mol. The second kappa shape index (κ2) is 6.87. The number of carboxylic acids is 1. The van der Waals surface area contributed by atoms with Crippen LogP contribution in [0.3, 0.4) is 0 Å². The Bertz CT molecular complexity index is 707. The molecule has 4 N–H and O–H groups in total. The molecule has 1 atom stereocenters. The van der Waals surface area contributed by atoms with Gasteiger partial charge >= 0.3 is 18.1 Å². The summed E-state index contributed by atoms with van der Waals surface area (Å²) in [6.45, 7) is -1.49. The first-order chi connectivity index (χ1) is 11.6. The number of hydrogen-bond donors (Lipinski definition) is 3. The van der Waals surface area contributed by atoms with Crippen LogP contribution in [-0.2, 0) is 9.59 Å². The maximum absolute atomic E-state index is 12.6. The Morgan fingerprint density at radius 1 is 1.36 bits per heavy atom. The highest BCUT2D eigenvalue weighted by atomic mass is 19.4. The number of nitrogens with one attached hydrogen (secondary N) is 1. The summed E-state index contributed by atoms with van der Waals surface area (Å²) in [7, 11) is 0. The number of carbonyl (C=O) groups is 3. The third kappa shape index (κ3) is 4.52. The number of primary amides is 1. The van der Waals surface area contributed by atoms with Crippen molar-refractivity contribution >= 4 is 23.5 Å². The van der Waals surface area contributed by atoms with E-state index >= 15 is 0 Å². The van der Waals surface area contributed by atoms with Crippen LogP contribution in [0.1, 0.15) is 10.4 Å². The zero-order chi connectivity index (χ0) is 18.8. The molecule has 1 aliphatic rings. The Labute approximate surface area is 139 Å². The van der Waals surface area contributed by atoms with Gasteiger partial charge in [0.1, 0.15) is 12.4 Å². The van der Waals surface area contributed by atoms with Crippen LogP contribution in [0, 0.1) is 0 Å². The first kappa shape index (κ1) is 18.4. The third-order valence-corrected chi connectivity index (χ3v) is 3.34. The number of alkyl halides is 3. The zero-order valence-electron chi connectivity index (χ0n) is 12.7. The molecule has 1 aromatic rings. The predicted octanol–water partition coefficient (Wildman–Crippen LogP) is 0.434. The number of aromatic carboxylic acids is 1. The van der Waals surface area contributed by atoms with Gasteiger partial charge in [-0.25, -0.2) is 4.79 Å². The van der Waals surface area contributed by atoms with Crippen LogP contribution in [0.2, 0.25) is 0 Å². The van der Waals surface area contributed by atoms with Crippen LogP contribution in [0.25, 0.3) is 0 Å². The molecule has 1 aliphatic heterocycles. The normalized spacial score (nSPS) is 16.2. The van der Waals surface area contributed by atoms with Crippen LogP contribution in [-0.4, -0.2) is 59.7 Å². The Kier molecular flexibility index (Phi) is 5.04. The number of fused-ring (bicyclic) bond motifs is 1. The summed E-state index contributed by atoms with van der Waals surface area (Å²) < 4.78 is 43.2. The molecule has 0 radical (unpaired) electrons. The smallest absolute Gasteiger partial charge is 0.471 e. The average Bonchev–Trinajstić information content (AvgIpc) is 2.51. The second-order valence-corrected chi connectivity index (χ2v) is 5.32. The fourth-order valence-electron chi connectivity index (χ4n) is 2.30. The molecule has 136 valence electrons. The molecule has 8 nitrogen and oxygen atoms in total. The number of anilines is 1. The van der Waals surface area contributed by atoms with Crippen LogP contribution >= 0.6 is 0 Å². The van der Waals surface area contributed by atoms with E-state index in [9.17, 15) is 27.6 Å². The Morgan fingerprint density at radius 2 is 2.04 bits per heavy atom. The lowest BCUT2D eigenvalue weighted by molar-refractivity contribution is -0.186. The van der Waals surface area contributed by atoms with Crippen molar-refractivity contribution in [3.63, 3.8) is 0 Å². The molecular weight excluding hydrogens is 347 g/mol. The minimum Gasteiger partial charge on any atom is -0.489 e. The van der Waals surface area contributed by atoms with Gasteiger partial charge in [0, 0.05) is 6.54 Å². The number of halogens is 3. The largest absolute Gasteiger partial charge is 0.489 e. The second-order valence-electron chi connectivity index (χ2n) is 5.32. The standard InChI is InChI=1S/C14H14F3N3O5/c15-14(16,17)13(24)20(5-11(18)21)4-8-6-25-10-2-1-7(12(22)23)3-9(10)19-8/h1-3,8,19H,4-6H2,(H2,18,21)(H,22,23). The molecule has 1 aromatic carbocycles. The third-order valence-electron chi connectivity index (χ3n) is 3.34. The van der Waals surface area contributed by atoms with E-state index in [4.69, 9.17) is 15.6 Å². The van der Waals surface area contributed by atoms with Gasteiger partial charge in [-0.2, -0.15) is 13.2 Å². The van der Waals surface area contributed by atoms with Gasteiger partial charge in [0.05, 0.1) is 23.8 Å². The van der Waals surface area contributed by atoms with E-state index in [1.165, 1.54) is 18.2 Å². The number of ether oxygens (including phenoxy) is 1. The SMILES string of the molecule is NC(=O)CN(CC1COc2ccc(C(=O)O)cc2N1)C(=O)C(F)(F)F. The van der Waals surface area contributed by atoms with E-state index < -0.39 is 43.1 Å². The van der Waals surface area contributed by atoms with Gasteiger partial charge in [0.25, 0.3) is 0 Å². The van der Waals surface area contributed by atoms with Gasteiger partial charge in [-0.1, -0.05) is 0 Å². The van der Waals surface area contributed by atoms with E-state index in [1.807, 2.05) is 0 Å². The zero-order valence-corrected chi connectivity index (χ0v) is 12.7. The van der Waals surface area contributed by atoms with Crippen molar-refractivity contribution in [3.05, 3.63) is 23.8 Å².